The maximum atomic E-state index is 4.56. The van der Waals surface area contributed by atoms with Crippen molar-refractivity contribution in [3.05, 3.63) is 40.6 Å². The number of aryl methyl sites for hydroxylation is 1. The average Bonchev–Trinajstić information content (AvgIpc) is 2.74. The lowest BCUT2D eigenvalue weighted by Gasteiger charge is -2.16. The van der Waals surface area contributed by atoms with E-state index in [4.69, 9.17) is 0 Å². The van der Waals surface area contributed by atoms with Crippen molar-refractivity contribution in [1.29, 1.82) is 0 Å². The van der Waals surface area contributed by atoms with Crippen LogP contribution in [-0.4, -0.2) is 9.55 Å². The minimum atomic E-state index is 1.10. The number of rotatable bonds is 1. The van der Waals surface area contributed by atoms with Crippen LogP contribution in [0.4, 0.5) is 0 Å². The standard InChI is InChI=1S/C13H13BrN2/c14-12-7-2-1-6-11(12)13-15-9-10-5-3-4-8-16(10)13/h1-2,6-7,9H,3-5,8H2. The summed E-state index contributed by atoms with van der Waals surface area (Å²) in [5, 5.41) is 0. The van der Waals surface area contributed by atoms with Gasteiger partial charge in [-0.1, -0.05) is 34.1 Å². The Morgan fingerprint density at radius 2 is 2.06 bits per heavy atom. The van der Waals surface area contributed by atoms with Gasteiger partial charge in [-0.2, -0.15) is 0 Å². The molecular formula is C13H13BrN2. The van der Waals surface area contributed by atoms with E-state index in [1.54, 1.807) is 0 Å². The molecule has 2 heterocycles. The zero-order valence-electron chi connectivity index (χ0n) is 8.99. The van der Waals surface area contributed by atoms with Crippen molar-refractivity contribution in [2.24, 2.45) is 0 Å². The molecule has 1 aliphatic rings. The van der Waals surface area contributed by atoms with Gasteiger partial charge in [-0.3, -0.25) is 0 Å². The summed E-state index contributed by atoms with van der Waals surface area (Å²) in [4.78, 5) is 4.56. The van der Waals surface area contributed by atoms with Crippen LogP contribution in [-0.2, 0) is 13.0 Å². The smallest absolute Gasteiger partial charge is 0.141 e. The fraction of sp³-hybridized carbons (Fsp3) is 0.308. The topological polar surface area (TPSA) is 17.8 Å². The van der Waals surface area contributed by atoms with Crippen molar-refractivity contribution in [2.75, 3.05) is 0 Å². The molecule has 2 nitrogen and oxygen atoms in total. The van der Waals surface area contributed by atoms with Gasteiger partial charge in [0.1, 0.15) is 5.82 Å². The first kappa shape index (κ1) is 10.1. The fourth-order valence-corrected chi connectivity index (χ4v) is 2.76. The first-order chi connectivity index (χ1) is 7.86. The third kappa shape index (κ3) is 1.59. The highest BCUT2D eigenvalue weighted by atomic mass is 79.9. The number of halogens is 1. The zero-order chi connectivity index (χ0) is 11.0. The Morgan fingerprint density at radius 1 is 1.19 bits per heavy atom. The Hall–Kier alpha value is -1.09. The van der Waals surface area contributed by atoms with E-state index in [9.17, 15) is 0 Å². The summed E-state index contributed by atoms with van der Waals surface area (Å²) in [7, 11) is 0. The Kier molecular flexibility index (Phi) is 2.56. The molecule has 0 unspecified atom stereocenters. The van der Waals surface area contributed by atoms with Crippen molar-refractivity contribution in [2.45, 2.75) is 25.8 Å². The zero-order valence-corrected chi connectivity index (χ0v) is 10.6. The maximum Gasteiger partial charge on any atom is 0.141 e. The molecule has 16 heavy (non-hydrogen) atoms. The van der Waals surface area contributed by atoms with Crippen LogP contribution in [0.2, 0.25) is 0 Å². The quantitative estimate of drug-likeness (QED) is 0.778. The molecule has 0 spiro atoms. The minimum Gasteiger partial charge on any atom is -0.328 e. The summed E-state index contributed by atoms with van der Waals surface area (Å²) in [5.41, 5.74) is 2.56. The summed E-state index contributed by atoms with van der Waals surface area (Å²) in [5.74, 6) is 1.10. The van der Waals surface area contributed by atoms with E-state index in [1.165, 1.54) is 24.1 Å². The highest BCUT2D eigenvalue weighted by Crippen LogP contribution is 2.29. The van der Waals surface area contributed by atoms with Crippen LogP contribution in [0.25, 0.3) is 11.4 Å². The van der Waals surface area contributed by atoms with Crippen LogP contribution in [0.1, 0.15) is 18.5 Å². The second kappa shape index (κ2) is 4.06. The molecule has 0 aliphatic carbocycles. The predicted octanol–water partition coefficient (Wildman–Crippen LogP) is 3.65. The van der Waals surface area contributed by atoms with Crippen LogP contribution >= 0.6 is 15.9 Å². The van der Waals surface area contributed by atoms with Gasteiger partial charge >= 0.3 is 0 Å². The molecule has 0 N–H and O–H groups in total. The van der Waals surface area contributed by atoms with Gasteiger partial charge in [0.05, 0.1) is 0 Å². The largest absolute Gasteiger partial charge is 0.328 e. The fourth-order valence-electron chi connectivity index (χ4n) is 2.29. The summed E-state index contributed by atoms with van der Waals surface area (Å²) in [6.07, 6.45) is 5.74. The molecule has 82 valence electrons. The van der Waals surface area contributed by atoms with Gasteiger partial charge in [0, 0.05) is 28.5 Å². The molecule has 3 rings (SSSR count). The monoisotopic (exact) mass is 276 g/mol. The number of aromatic nitrogens is 2. The first-order valence-corrected chi connectivity index (χ1v) is 6.45. The molecule has 0 fully saturated rings. The maximum absolute atomic E-state index is 4.56. The first-order valence-electron chi connectivity index (χ1n) is 5.65. The number of benzene rings is 1. The van der Waals surface area contributed by atoms with Gasteiger partial charge in [0.15, 0.2) is 0 Å². The molecule has 0 amide bonds. The third-order valence-electron chi connectivity index (χ3n) is 3.12. The number of fused-ring (bicyclic) bond motifs is 1. The van der Waals surface area contributed by atoms with E-state index < -0.39 is 0 Å². The normalized spacial score (nSPS) is 14.8. The van der Waals surface area contributed by atoms with Crippen molar-refractivity contribution in [1.82, 2.24) is 9.55 Å². The molecule has 1 aromatic heterocycles. The Balaban J connectivity index is 2.13. The van der Waals surface area contributed by atoms with Crippen molar-refractivity contribution in [3.8, 4) is 11.4 Å². The van der Waals surface area contributed by atoms with Gasteiger partial charge in [-0.15, -0.1) is 0 Å². The van der Waals surface area contributed by atoms with Crippen LogP contribution in [0, 0.1) is 0 Å². The number of imidazole rings is 1. The van der Waals surface area contributed by atoms with E-state index in [-0.39, 0.29) is 0 Å². The highest BCUT2D eigenvalue weighted by molar-refractivity contribution is 9.10. The Labute approximate surface area is 103 Å². The van der Waals surface area contributed by atoms with Crippen molar-refractivity contribution >= 4 is 15.9 Å². The van der Waals surface area contributed by atoms with Crippen molar-refractivity contribution in [3.63, 3.8) is 0 Å². The Bertz CT molecular complexity index is 516. The number of hydrogen-bond donors (Lipinski definition) is 0. The lowest BCUT2D eigenvalue weighted by Crippen LogP contribution is -2.10. The van der Waals surface area contributed by atoms with E-state index >= 15 is 0 Å². The molecule has 3 heteroatoms. The lowest BCUT2D eigenvalue weighted by atomic mass is 10.1. The van der Waals surface area contributed by atoms with Crippen LogP contribution in [0.3, 0.4) is 0 Å². The molecule has 0 atom stereocenters. The molecule has 0 saturated carbocycles. The molecule has 1 aliphatic heterocycles. The lowest BCUT2D eigenvalue weighted by molar-refractivity contribution is 0.536. The third-order valence-corrected chi connectivity index (χ3v) is 3.81. The van der Waals surface area contributed by atoms with E-state index in [1.807, 2.05) is 12.3 Å². The second-order valence-electron chi connectivity index (χ2n) is 4.16. The summed E-state index contributed by atoms with van der Waals surface area (Å²) >= 11 is 3.59. The molecule has 1 aromatic carbocycles. The molecule has 2 aromatic rings. The molecule has 0 bridgehead atoms. The van der Waals surface area contributed by atoms with Gasteiger partial charge in [0.25, 0.3) is 0 Å². The van der Waals surface area contributed by atoms with Gasteiger partial charge in [0.2, 0.25) is 0 Å². The SMILES string of the molecule is Brc1ccccc1-c1ncc2n1CCCC2. The summed E-state index contributed by atoms with van der Waals surface area (Å²) in [6, 6.07) is 8.28. The average molecular weight is 277 g/mol. The second-order valence-corrected chi connectivity index (χ2v) is 5.02. The van der Waals surface area contributed by atoms with Gasteiger partial charge < -0.3 is 4.57 Å². The summed E-state index contributed by atoms with van der Waals surface area (Å²) < 4.78 is 3.47. The minimum absolute atomic E-state index is 1.10. The molecule has 0 saturated heterocycles. The molecule has 0 radical (unpaired) electrons. The van der Waals surface area contributed by atoms with Gasteiger partial charge in [-0.05, 0) is 25.3 Å². The van der Waals surface area contributed by atoms with Gasteiger partial charge in [-0.25, -0.2) is 4.98 Å². The van der Waals surface area contributed by atoms with E-state index in [0.29, 0.717) is 0 Å². The molecular weight excluding hydrogens is 264 g/mol. The van der Waals surface area contributed by atoms with E-state index in [0.717, 1.165) is 23.3 Å². The Morgan fingerprint density at radius 3 is 2.94 bits per heavy atom. The van der Waals surface area contributed by atoms with Crippen molar-refractivity contribution < 1.29 is 0 Å². The number of hydrogen-bond acceptors (Lipinski definition) is 1. The number of nitrogens with zero attached hydrogens (tertiary/aromatic N) is 2. The summed E-state index contributed by atoms with van der Waals surface area (Å²) in [6.45, 7) is 1.10. The highest BCUT2D eigenvalue weighted by Gasteiger charge is 2.16. The van der Waals surface area contributed by atoms with Crippen LogP contribution < -0.4 is 0 Å². The van der Waals surface area contributed by atoms with E-state index in [2.05, 4.69) is 43.7 Å². The van der Waals surface area contributed by atoms with Crippen LogP contribution in [0.15, 0.2) is 34.9 Å². The van der Waals surface area contributed by atoms with Crippen LogP contribution in [0.5, 0.6) is 0 Å². The predicted molar refractivity (Wildman–Crippen MR) is 68.3 cm³/mol.